The van der Waals surface area contributed by atoms with Crippen molar-refractivity contribution in [3.8, 4) is 0 Å². The lowest BCUT2D eigenvalue weighted by atomic mass is 10.2. The second kappa shape index (κ2) is 8.42. The van der Waals surface area contributed by atoms with Gasteiger partial charge in [-0.1, -0.05) is 35.9 Å². The second-order valence-corrected chi connectivity index (χ2v) is 11.0. The number of benzene rings is 2. The van der Waals surface area contributed by atoms with E-state index in [2.05, 4.69) is 0 Å². The third kappa shape index (κ3) is 3.32. The molecule has 10 nitrogen and oxygen atoms in total. The minimum atomic E-state index is -4.08. The van der Waals surface area contributed by atoms with Crippen LogP contribution >= 0.6 is 11.8 Å². The van der Waals surface area contributed by atoms with Crippen molar-refractivity contribution in [3.63, 3.8) is 0 Å². The van der Waals surface area contributed by atoms with Crippen LogP contribution in [0.25, 0.3) is 16.9 Å². The Kier molecular flexibility index (Phi) is 5.60. The molecule has 0 unspecified atom stereocenters. The summed E-state index contributed by atoms with van der Waals surface area (Å²) < 4.78 is 34.9. The molecule has 186 valence electrons. The van der Waals surface area contributed by atoms with E-state index in [-0.39, 0.29) is 16.2 Å². The maximum absolute atomic E-state index is 14.0. The highest BCUT2D eigenvalue weighted by Gasteiger charge is 2.33. The number of fused-ring (bicyclic) bond motifs is 3. The molecule has 0 atom stereocenters. The fourth-order valence-corrected chi connectivity index (χ4v) is 6.51. The number of thioether (sulfide) groups is 1. The maximum atomic E-state index is 14.0. The number of anilines is 2. The Labute approximate surface area is 211 Å². The largest absolute Gasteiger partial charge is 0.332 e. The van der Waals surface area contributed by atoms with Gasteiger partial charge in [0.1, 0.15) is 5.03 Å². The lowest BCUT2D eigenvalue weighted by Crippen LogP contribution is -2.37. The third-order valence-corrected chi connectivity index (χ3v) is 8.68. The highest BCUT2D eigenvalue weighted by atomic mass is 32.2. The van der Waals surface area contributed by atoms with E-state index in [0.717, 1.165) is 10.1 Å². The molecular weight excluding hydrogens is 500 g/mol. The molecule has 5 aromatic rings. The number of hydrogen-bond acceptors (Lipinski definition) is 6. The Morgan fingerprint density at radius 1 is 0.889 bits per heavy atom. The molecule has 5 rings (SSSR count). The van der Waals surface area contributed by atoms with E-state index in [4.69, 9.17) is 4.98 Å². The average Bonchev–Trinajstić information content (AvgIpc) is 3.36. The summed E-state index contributed by atoms with van der Waals surface area (Å²) in [6.07, 6.45) is 1.80. The van der Waals surface area contributed by atoms with E-state index < -0.39 is 21.3 Å². The number of para-hydroxylation sites is 1. The standard InChI is InChI=1S/C24H24N6O4S2/c1-15-11-13-17(14-12-15)36(33,34)30(16-9-7-6-8-10-16)19-22(35-5)29-20-18(26(2)23(29)25-19)21(31)28(4)24(32)27(20)3/h6-14H,1-5H3. The van der Waals surface area contributed by atoms with Gasteiger partial charge in [-0.25, -0.2) is 17.5 Å². The lowest BCUT2D eigenvalue weighted by Gasteiger charge is -2.23. The Morgan fingerprint density at radius 3 is 2.14 bits per heavy atom. The minimum absolute atomic E-state index is 0.118. The second-order valence-electron chi connectivity index (χ2n) is 8.44. The molecule has 0 bridgehead atoms. The Balaban J connectivity index is 1.91. The topological polar surface area (TPSA) is 104 Å². The summed E-state index contributed by atoms with van der Waals surface area (Å²) in [4.78, 5) is 30.6. The van der Waals surface area contributed by atoms with Gasteiger partial charge in [0, 0.05) is 21.1 Å². The van der Waals surface area contributed by atoms with Crippen LogP contribution < -0.4 is 15.6 Å². The number of hydrogen-bond donors (Lipinski definition) is 0. The van der Waals surface area contributed by atoms with E-state index in [1.54, 1.807) is 83.9 Å². The quantitative estimate of drug-likeness (QED) is 0.328. The number of aryl methyl sites for hydroxylation is 3. The van der Waals surface area contributed by atoms with Crippen LogP contribution in [0.4, 0.5) is 11.5 Å². The summed E-state index contributed by atoms with van der Waals surface area (Å²) in [6.45, 7) is 1.89. The predicted octanol–water partition coefficient (Wildman–Crippen LogP) is 2.78. The van der Waals surface area contributed by atoms with Crippen LogP contribution in [0.2, 0.25) is 0 Å². The Bertz CT molecular complexity index is 1860. The Morgan fingerprint density at radius 2 is 1.53 bits per heavy atom. The molecule has 12 heteroatoms. The molecule has 0 fully saturated rings. The van der Waals surface area contributed by atoms with Crippen LogP contribution in [0, 0.1) is 6.92 Å². The molecule has 36 heavy (non-hydrogen) atoms. The molecule has 2 aromatic carbocycles. The molecule has 0 N–H and O–H groups in total. The summed E-state index contributed by atoms with van der Waals surface area (Å²) in [5.74, 6) is 0.512. The van der Waals surface area contributed by atoms with Crippen molar-refractivity contribution < 1.29 is 8.42 Å². The number of sulfonamides is 1. The molecule has 0 aliphatic rings. The summed E-state index contributed by atoms with van der Waals surface area (Å²) in [5.41, 5.74) is 1.02. The molecule has 0 saturated carbocycles. The van der Waals surface area contributed by atoms with Crippen molar-refractivity contribution in [2.75, 3.05) is 10.6 Å². The monoisotopic (exact) mass is 524 g/mol. The molecule has 0 spiro atoms. The van der Waals surface area contributed by atoms with Crippen LogP contribution in [0.15, 0.2) is 74.1 Å². The smallest absolute Gasteiger partial charge is 0.307 e. The molecule has 0 amide bonds. The minimum Gasteiger partial charge on any atom is -0.307 e. The first-order valence-electron chi connectivity index (χ1n) is 11.0. The zero-order valence-corrected chi connectivity index (χ0v) is 22.0. The zero-order chi connectivity index (χ0) is 25.9. The SMILES string of the molecule is CSc1c(N(c2ccccc2)S(=O)(=O)c2ccc(C)cc2)nc2n(C)c3c(=O)n(C)c(=O)n(C)c3n12. The van der Waals surface area contributed by atoms with E-state index >= 15 is 0 Å². The normalized spacial score (nSPS) is 12.0. The van der Waals surface area contributed by atoms with E-state index in [0.29, 0.717) is 22.1 Å². The van der Waals surface area contributed by atoms with Crippen LogP contribution in [0.5, 0.6) is 0 Å². The van der Waals surface area contributed by atoms with E-state index in [1.807, 2.05) is 6.92 Å². The van der Waals surface area contributed by atoms with Crippen molar-refractivity contribution in [2.24, 2.45) is 21.1 Å². The first-order chi connectivity index (χ1) is 17.1. The van der Waals surface area contributed by atoms with Gasteiger partial charge in [0.15, 0.2) is 17.0 Å². The number of imidazole rings is 2. The predicted molar refractivity (Wildman–Crippen MR) is 141 cm³/mol. The number of rotatable bonds is 5. The van der Waals surface area contributed by atoms with E-state index in [9.17, 15) is 18.0 Å². The summed E-state index contributed by atoms with van der Waals surface area (Å²) >= 11 is 1.28. The molecule has 3 aromatic heterocycles. The van der Waals surface area contributed by atoms with Crippen LogP contribution in [0.3, 0.4) is 0 Å². The van der Waals surface area contributed by atoms with Gasteiger partial charge < -0.3 is 4.57 Å². The van der Waals surface area contributed by atoms with Crippen molar-refractivity contribution in [2.45, 2.75) is 16.8 Å². The van der Waals surface area contributed by atoms with Gasteiger partial charge in [-0.05, 0) is 37.4 Å². The van der Waals surface area contributed by atoms with E-state index in [1.165, 1.54) is 27.7 Å². The van der Waals surface area contributed by atoms with Crippen LogP contribution in [-0.4, -0.2) is 37.8 Å². The average molecular weight is 525 g/mol. The lowest BCUT2D eigenvalue weighted by molar-refractivity contribution is 0.595. The van der Waals surface area contributed by atoms with Crippen molar-refractivity contribution in [1.29, 1.82) is 0 Å². The summed E-state index contributed by atoms with van der Waals surface area (Å²) in [5, 5.41) is 0.471. The van der Waals surface area contributed by atoms with Gasteiger partial charge in [0.2, 0.25) is 5.78 Å². The van der Waals surface area contributed by atoms with Crippen LogP contribution in [0.1, 0.15) is 5.56 Å². The summed E-state index contributed by atoms with van der Waals surface area (Å²) in [7, 11) is 0.589. The van der Waals surface area contributed by atoms with Gasteiger partial charge in [0.05, 0.1) is 10.6 Å². The van der Waals surface area contributed by atoms with Gasteiger partial charge in [-0.2, -0.15) is 4.98 Å². The first-order valence-corrected chi connectivity index (χ1v) is 13.6. The van der Waals surface area contributed by atoms with Gasteiger partial charge in [-0.3, -0.25) is 18.3 Å². The molecular formula is C24H24N6O4S2. The Hall–Kier alpha value is -3.77. The first kappa shape index (κ1) is 23.9. The molecule has 0 saturated heterocycles. The van der Waals surface area contributed by atoms with Gasteiger partial charge in [0.25, 0.3) is 15.6 Å². The van der Waals surface area contributed by atoms with Crippen molar-refractivity contribution in [3.05, 3.63) is 81.0 Å². The number of nitrogens with zero attached hydrogens (tertiary/aromatic N) is 6. The molecule has 0 radical (unpaired) electrons. The molecule has 0 aliphatic carbocycles. The van der Waals surface area contributed by atoms with Gasteiger partial charge >= 0.3 is 5.69 Å². The zero-order valence-electron chi connectivity index (χ0n) is 20.3. The van der Waals surface area contributed by atoms with Crippen molar-refractivity contribution >= 4 is 50.2 Å². The van der Waals surface area contributed by atoms with Gasteiger partial charge in [-0.15, -0.1) is 11.8 Å². The molecule has 3 heterocycles. The number of aromatic nitrogens is 5. The van der Waals surface area contributed by atoms with Crippen molar-refractivity contribution in [1.82, 2.24) is 23.1 Å². The summed E-state index contributed by atoms with van der Waals surface area (Å²) in [6, 6.07) is 15.3. The third-order valence-electron chi connectivity index (χ3n) is 6.19. The fourth-order valence-electron chi connectivity index (χ4n) is 4.33. The molecule has 0 aliphatic heterocycles. The highest BCUT2D eigenvalue weighted by Crippen LogP contribution is 2.39. The maximum Gasteiger partial charge on any atom is 0.332 e. The highest BCUT2D eigenvalue weighted by molar-refractivity contribution is 7.98. The van der Waals surface area contributed by atoms with Crippen LogP contribution in [-0.2, 0) is 31.2 Å². The fraction of sp³-hybridized carbons (Fsp3) is 0.208.